The van der Waals surface area contributed by atoms with Gasteiger partial charge in [0.25, 0.3) is 0 Å². The van der Waals surface area contributed by atoms with Gasteiger partial charge in [0.15, 0.2) is 0 Å². The molecule has 0 bridgehead atoms. The van der Waals surface area contributed by atoms with E-state index >= 15 is 0 Å². The van der Waals surface area contributed by atoms with Gasteiger partial charge in [-0.1, -0.05) is 0 Å². The average Bonchev–Trinajstić information content (AvgIpc) is 1.60. The SMILES string of the molecule is CC1CC(C)(C)NCN1. The Morgan fingerprint density at radius 2 is 2.11 bits per heavy atom. The van der Waals surface area contributed by atoms with Crippen molar-refractivity contribution in [1.29, 1.82) is 0 Å². The van der Waals surface area contributed by atoms with E-state index in [0.29, 0.717) is 11.6 Å². The molecule has 0 aromatic heterocycles. The number of rotatable bonds is 0. The summed E-state index contributed by atoms with van der Waals surface area (Å²) in [7, 11) is 0. The molecule has 9 heavy (non-hydrogen) atoms. The van der Waals surface area contributed by atoms with Crippen LogP contribution in [0.5, 0.6) is 0 Å². The van der Waals surface area contributed by atoms with E-state index in [2.05, 4.69) is 31.4 Å². The van der Waals surface area contributed by atoms with Crippen LogP contribution in [-0.2, 0) is 0 Å². The molecule has 1 atom stereocenters. The molecule has 0 spiro atoms. The highest BCUT2D eigenvalue weighted by Gasteiger charge is 2.23. The topological polar surface area (TPSA) is 24.1 Å². The summed E-state index contributed by atoms with van der Waals surface area (Å²) in [6.07, 6.45) is 1.22. The highest BCUT2D eigenvalue weighted by Crippen LogP contribution is 2.13. The first-order valence-corrected chi connectivity index (χ1v) is 3.58. The van der Waals surface area contributed by atoms with Crippen LogP contribution in [0.2, 0.25) is 0 Å². The zero-order valence-corrected chi connectivity index (χ0v) is 6.49. The molecule has 1 aliphatic heterocycles. The van der Waals surface area contributed by atoms with E-state index in [-0.39, 0.29) is 0 Å². The summed E-state index contributed by atoms with van der Waals surface area (Å²) < 4.78 is 0. The van der Waals surface area contributed by atoms with E-state index in [1.165, 1.54) is 6.42 Å². The maximum atomic E-state index is 3.38. The Bertz CT molecular complexity index is 99.1. The van der Waals surface area contributed by atoms with E-state index < -0.39 is 0 Å². The molecule has 1 rings (SSSR count). The lowest BCUT2D eigenvalue weighted by Gasteiger charge is -2.35. The van der Waals surface area contributed by atoms with E-state index in [0.717, 1.165) is 6.67 Å². The number of nitrogens with one attached hydrogen (secondary N) is 2. The second-order valence-electron chi connectivity index (χ2n) is 3.55. The molecule has 1 aliphatic rings. The molecule has 2 nitrogen and oxygen atoms in total. The largest absolute Gasteiger partial charge is 0.302 e. The summed E-state index contributed by atoms with van der Waals surface area (Å²) in [5, 5.41) is 6.70. The molecule has 0 saturated carbocycles. The Morgan fingerprint density at radius 3 is 2.44 bits per heavy atom. The summed E-state index contributed by atoms with van der Waals surface area (Å²) in [6.45, 7) is 7.66. The lowest BCUT2D eigenvalue weighted by molar-refractivity contribution is 0.252. The van der Waals surface area contributed by atoms with Crippen molar-refractivity contribution in [1.82, 2.24) is 10.6 Å². The van der Waals surface area contributed by atoms with E-state index in [9.17, 15) is 0 Å². The summed E-state index contributed by atoms with van der Waals surface area (Å²) in [6, 6.07) is 0.668. The lowest BCUT2D eigenvalue weighted by atomic mass is 9.94. The third-order valence-corrected chi connectivity index (χ3v) is 1.83. The minimum absolute atomic E-state index is 0.338. The van der Waals surface area contributed by atoms with Crippen LogP contribution < -0.4 is 10.6 Å². The molecule has 1 unspecified atom stereocenters. The summed E-state index contributed by atoms with van der Waals surface area (Å²) in [5.74, 6) is 0. The van der Waals surface area contributed by atoms with Gasteiger partial charge in [0, 0.05) is 18.2 Å². The monoisotopic (exact) mass is 128 g/mol. The minimum Gasteiger partial charge on any atom is -0.302 e. The van der Waals surface area contributed by atoms with Gasteiger partial charge >= 0.3 is 0 Å². The zero-order valence-electron chi connectivity index (χ0n) is 6.49. The van der Waals surface area contributed by atoms with Crippen molar-refractivity contribution >= 4 is 0 Å². The fourth-order valence-electron chi connectivity index (χ4n) is 1.37. The third kappa shape index (κ3) is 1.95. The number of hydrogen-bond donors (Lipinski definition) is 2. The molecule has 2 heteroatoms. The van der Waals surface area contributed by atoms with Crippen LogP contribution in [0.3, 0.4) is 0 Å². The highest BCUT2D eigenvalue weighted by atomic mass is 15.1. The van der Waals surface area contributed by atoms with Crippen molar-refractivity contribution in [2.24, 2.45) is 0 Å². The first-order chi connectivity index (χ1) is 4.10. The molecule has 0 radical (unpaired) electrons. The van der Waals surface area contributed by atoms with Crippen molar-refractivity contribution in [3.8, 4) is 0 Å². The van der Waals surface area contributed by atoms with Crippen molar-refractivity contribution in [3.63, 3.8) is 0 Å². The molecule has 0 aliphatic carbocycles. The second-order valence-corrected chi connectivity index (χ2v) is 3.55. The number of hydrogen-bond acceptors (Lipinski definition) is 2. The van der Waals surface area contributed by atoms with Crippen LogP contribution in [-0.4, -0.2) is 18.2 Å². The second kappa shape index (κ2) is 2.27. The van der Waals surface area contributed by atoms with Crippen LogP contribution >= 0.6 is 0 Å². The van der Waals surface area contributed by atoms with Gasteiger partial charge in [0.1, 0.15) is 0 Å². The fraction of sp³-hybridized carbons (Fsp3) is 1.00. The molecule has 0 aromatic rings. The molecule has 54 valence electrons. The van der Waals surface area contributed by atoms with E-state index in [4.69, 9.17) is 0 Å². The molecule has 1 heterocycles. The van der Waals surface area contributed by atoms with E-state index in [1.807, 2.05) is 0 Å². The van der Waals surface area contributed by atoms with Gasteiger partial charge in [0.2, 0.25) is 0 Å². The van der Waals surface area contributed by atoms with Crippen LogP contribution in [0.15, 0.2) is 0 Å². The van der Waals surface area contributed by atoms with Gasteiger partial charge in [-0.05, 0) is 27.2 Å². The normalized spacial score (nSPS) is 34.3. The van der Waals surface area contributed by atoms with Crippen LogP contribution in [0, 0.1) is 0 Å². The Labute approximate surface area is 57.0 Å². The van der Waals surface area contributed by atoms with Gasteiger partial charge in [-0.15, -0.1) is 0 Å². The Hall–Kier alpha value is -0.0800. The van der Waals surface area contributed by atoms with Crippen molar-refractivity contribution in [3.05, 3.63) is 0 Å². The quantitative estimate of drug-likeness (QED) is 0.501. The maximum absolute atomic E-state index is 3.38. The molecular weight excluding hydrogens is 112 g/mol. The Balaban J connectivity index is 2.41. The van der Waals surface area contributed by atoms with Crippen molar-refractivity contribution < 1.29 is 0 Å². The molecule has 0 amide bonds. The van der Waals surface area contributed by atoms with Gasteiger partial charge < -0.3 is 5.32 Å². The first kappa shape index (κ1) is 7.03. The van der Waals surface area contributed by atoms with Crippen molar-refractivity contribution in [2.75, 3.05) is 6.67 Å². The Morgan fingerprint density at radius 1 is 1.44 bits per heavy atom. The predicted molar refractivity (Wildman–Crippen MR) is 39.3 cm³/mol. The molecule has 1 fully saturated rings. The smallest absolute Gasteiger partial charge is 0.0460 e. The van der Waals surface area contributed by atoms with Crippen LogP contribution in [0.25, 0.3) is 0 Å². The molecule has 1 saturated heterocycles. The Kier molecular flexibility index (Phi) is 1.78. The van der Waals surface area contributed by atoms with Crippen LogP contribution in [0.1, 0.15) is 27.2 Å². The summed E-state index contributed by atoms with van der Waals surface area (Å²) in [4.78, 5) is 0. The fourth-order valence-corrected chi connectivity index (χ4v) is 1.37. The third-order valence-electron chi connectivity index (χ3n) is 1.83. The molecular formula is C7H16N2. The minimum atomic E-state index is 0.338. The maximum Gasteiger partial charge on any atom is 0.0460 e. The van der Waals surface area contributed by atoms with Crippen LogP contribution in [0.4, 0.5) is 0 Å². The summed E-state index contributed by atoms with van der Waals surface area (Å²) >= 11 is 0. The zero-order chi connectivity index (χ0) is 6.91. The van der Waals surface area contributed by atoms with Gasteiger partial charge in [-0.3, -0.25) is 5.32 Å². The van der Waals surface area contributed by atoms with Crippen molar-refractivity contribution in [2.45, 2.75) is 38.8 Å². The summed E-state index contributed by atoms with van der Waals surface area (Å²) in [5.41, 5.74) is 0.338. The van der Waals surface area contributed by atoms with Gasteiger partial charge in [-0.2, -0.15) is 0 Å². The van der Waals surface area contributed by atoms with Gasteiger partial charge in [-0.25, -0.2) is 0 Å². The average molecular weight is 128 g/mol. The van der Waals surface area contributed by atoms with Gasteiger partial charge in [0.05, 0.1) is 0 Å². The molecule has 2 N–H and O–H groups in total. The molecule has 0 aromatic carbocycles. The first-order valence-electron chi connectivity index (χ1n) is 3.58. The van der Waals surface area contributed by atoms with E-state index in [1.54, 1.807) is 0 Å². The predicted octanol–water partition coefficient (Wildman–Crippen LogP) is 0.694. The highest BCUT2D eigenvalue weighted by molar-refractivity contribution is 4.85. The standard InChI is InChI=1S/C7H16N2/c1-6-4-7(2,3)9-5-8-6/h6,8-9H,4-5H2,1-3H3. The lowest BCUT2D eigenvalue weighted by Crippen LogP contribution is -2.55.